The lowest BCUT2D eigenvalue weighted by Gasteiger charge is -2.09. The molecule has 0 unspecified atom stereocenters. The van der Waals surface area contributed by atoms with Gasteiger partial charge in [-0.05, 0) is 45.8 Å². The Morgan fingerprint density at radius 3 is 2.52 bits per heavy atom. The van der Waals surface area contributed by atoms with E-state index in [1.165, 1.54) is 0 Å². The van der Waals surface area contributed by atoms with E-state index in [0.717, 1.165) is 21.4 Å². The molecule has 0 aliphatic heterocycles. The zero-order valence-electron chi connectivity index (χ0n) is 11.3. The van der Waals surface area contributed by atoms with Crippen molar-refractivity contribution in [2.75, 3.05) is 17.2 Å². The molecular formula is C16H14BrN3O. The van der Waals surface area contributed by atoms with Gasteiger partial charge in [0, 0.05) is 15.8 Å². The Morgan fingerprint density at radius 1 is 1.14 bits per heavy atom. The van der Waals surface area contributed by atoms with Crippen LogP contribution < -0.4 is 10.6 Å². The Bertz CT molecular complexity index is 662. The molecule has 0 saturated carbocycles. The summed E-state index contributed by atoms with van der Waals surface area (Å²) < 4.78 is 0.915. The normalized spacial score (nSPS) is 9.71. The van der Waals surface area contributed by atoms with Crippen molar-refractivity contribution in [3.63, 3.8) is 0 Å². The molecule has 2 aromatic carbocycles. The van der Waals surface area contributed by atoms with Crippen LogP contribution in [0.1, 0.15) is 5.56 Å². The third-order valence-corrected chi connectivity index (χ3v) is 3.53. The van der Waals surface area contributed by atoms with Crippen LogP contribution in [0.25, 0.3) is 0 Å². The summed E-state index contributed by atoms with van der Waals surface area (Å²) in [5, 5.41) is 14.5. The first-order valence-electron chi connectivity index (χ1n) is 6.43. The third-order valence-electron chi connectivity index (χ3n) is 2.83. The van der Waals surface area contributed by atoms with Crippen LogP contribution in [-0.2, 0) is 11.2 Å². The van der Waals surface area contributed by atoms with E-state index in [1.54, 1.807) is 12.1 Å². The maximum absolute atomic E-state index is 11.9. The van der Waals surface area contributed by atoms with Gasteiger partial charge in [-0.1, -0.05) is 24.3 Å². The molecule has 5 heteroatoms. The van der Waals surface area contributed by atoms with Gasteiger partial charge >= 0.3 is 0 Å². The molecular weight excluding hydrogens is 330 g/mol. The number of rotatable bonds is 5. The number of nitrogens with zero attached hydrogens (tertiary/aromatic N) is 1. The van der Waals surface area contributed by atoms with Gasteiger partial charge in [0.05, 0.1) is 19.0 Å². The van der Waals surface area contributed by atoms with E-state index in [0.29, 0.717) is 6.42 Å². The molecule has 0 spiro atoms. The molecule has 0 saturated heterocycles. The quantitative estimate of drug-likeness (QED) is 0.872. The molecule has 0 atom stereocenters. The van der Waals surface area contributed by atoms with Gasteiger partial charge in [-0.3, -0.25) is 4.79 Å². The second-order valence-electron chi connectivity index (χ2n) is 4.41. The second-order valence-corrected chi connectivity index (χ2v) is 5.27. The molecule has 2 aromatic rings. The molecule has 2 N–H and O–H groups in total. The zero-order valence-corrected chi connectivity index (χ0v) is 12.9. The highest BCUT2D eigenvalue weighted by Gasteiger charge is 2.04. The van der Waals surface area contributed by atoms with Crippen molar-refractivity contribution in [3.8, 4) is 6.07 Å². The highest BCUT2D eigenvalue weighted by atomic mass is 79.9. The van der Waals surface area contributed by atoms with Crippen LogP contribution >= 0.6 is 15.9 Å². The van der Waals surface area contributed by atoms with Crippen molar-refractivity contribution in [1.29, 1.82) is 5.26 Å². The van der Waals surface area contributed by atoms with Gasteiger partial charge < -0.3 is 10.6 Å². The Kier molecular flexibility index (Phi) is 5.35. The number of amides is 1. The summed E-state index contributed by atoms with van der Waals surface area (Å²) in [4.78, 5) is 11.9. The lowest BCUT2D eigenvalue weighted by molar-refractivity contribution is -0.114. The van der Waals surface area contributed by atoms with Crippen LogP contribution in [0.15, 0.2) is 53.0 Å². The van der Waals surface area contributed by atoms with E-state index in [9.17, 15) is 4.79 Å². The van der Waals surface area contributed by atoms with Crippen LogP contribution in [-0.4, -0.2) is 12.5 Å². The fourth-order valence-electron chi connectivity index (χ4n) is 1.78. The highest BCUT2D eigenvalue weighted by Crippen LogP contribution is 2.20. The van der Waals surface area contributed by atoms with Crippen molar-refractivity contribution < 1.29 is 4.79 Å². The van der Waals surface area contributed by atoms with Gasteiger partial charge in [-0.25, -0.2) is 0 Å². The van der Waals surface area contributed by atoms with Gasteiger partial charge in [0.15, 0.2) is 0 Å². The zero-order chi connectivity index (χ0) is 15.1. The number of benzene rings is 2. The van der Waals surface area contributed by atoms with Gasteiger partial charge in [0.1, 0.15) is 0 Å². The van der Waals surface area contributed by atoms with Gasteiger partial charge in [-0.15, -0.1) is 0 Å². The summed E-state index contributed by atoms with van der Waals surface area (Å²) >= 11 is 3.42. The maximum atomic E-state index is 11.9. The van der Waals surface area contributed by atoms with E-state index in [-0.39, 0.29) is 12.5 Å². The van der Waals surface area contributed by atoms with E-state index in [1.807, 2.05) is 36.4 Å². The molecule has 0 heterocycles. The molecule has 0 bridgehead atoms. The molecule has 4 nitrogen and oxygen atoms in total. The lowest BCUT2D eigenvalue weighted by Crippen LogP contribution is -2.21. The topological polar surface area (TPSA) is 64.9 Å². The van der Waals surface area contributed by atoms with E-state index < -0.39 is 0 Å². The molecule has 2 rings (SSSR count). The van der Waals surface area contributed by atoms with Gasteiger partial charge in [0.25, 0.3) is 0 Å². The molecule has 21 heavy (non-hydrogen) atoms. The number of carbonyl (C=O) groups is 1. The Morgan fingerprint density at radius 2 is 1.86 bits per heavy atom. The van der Waals surface area contributed by atoms with Crippen LogP contribution in [0, 0.1) is 11.3 Å². The summed E-state index contributed by atoms with van der Waals surface area (Å²) in [6, 6.07) is 17.0. The summed E-state index contributed by atoms with van der Waals surface area (Å²) in [5.74, 6) is -0.126. The number of halogens is 1. The SMILES string of the molecule is N#CCc1ccc(NC(=O)CNc2ccccc2Br)cc1. The van der Waals surface area contributed by atoms with E-state index >= 15 is 0 Å². The van der Waals surface area contributed by atoms with Crippen molar-refractivity contribution in [2.24, 2.45) is 0 Å². The highest BCUT2D eigenvalue weighted by molar-refractivity contribution is 9.10. The van der Waals surface area contributed by atoms with Crippen LogP contribution in [0.5, 0.6) is 0 Å². The van der Waals surface area contributed by atoms with Crippen LogP contribution in [0.3, 0.4) is 0 Å². The molecule has 0 fully saturated rings. The number of hydrogen-bond donors (Lipinski definition) is 2. The Balaban J connectivity index is 1.87. The monoisotopic (exact) mass is 343 g/mol. The number of anilines is 2. The predicted octanol–water partition coefficient (Wildman–Crippen LogP) is 3.57. The third kappa shape index (κ3) is 4.62. The number of hydrogen-bond acceptors (Lipinski definition) is 3. The summed E-state index contributed by atoms with van der Waals surface area (Å²) in [7, 11) is 0. The molecule has 0 aromatic heterocycles. The average molecular weight is 344 g/mol. The minimum Gasteiger partial charge on any atom is -0.375 e. The fourth-order valence-corrected chi connectivity index (χ4v) is 2.21. The van der Waals surface area contributed by atoms with Crippen LogP contribution in [0.2, 0.25) is 0 Å². The van der Waals surface area contributed by atoms with Gasteiger partial charge in [-0.2, -0.15) is 5.26 Å². The fraction of sp³-hybridized carbons (Fsp3) is 0.125. The summed E-state index contributed by atoms with van der Waals surface area (Å²) in [6.07, 6.45) is 0.373. The number of carbonyl (C=O) groups excluding carboxylic acids is 1. The molecule has 0 radical (unpaired) electrons. The number of nitrogens with one attached hydrogen (secondary N) is 2. The molecule has 106 valence electrons. The second kappa shape index (κ2) is 7.46. The summed E-state index contributed by atoms with van der Waals surface area (Å²) in [6.45, 7) is 0.183. The standard InChI is InChI=1S/C16H14BrN3O/c17-14-3-1-2-4-15(14)19-11-16(21)20-13-7-5-12(6-8-13)9-10-18/h1-8,19H,9,11H2,(H,20,21). The molecule has 1 amide bonds. The Labute approximate surface area is 131 Å². The Hall–Kier alpha value is -2.32. The van der Waals surface area contributed by atoms with Crippen molar-refractivity contribution in [1.82, 2.24) is 0 Å². The molecule has 0 aliphatic rings. The van der Waals surface area contributed by atoms with E-state index in [4.69, 9.17) is 5.26 Å². The van der Waals surface area contributed by atoms with Crippen molar-refractivity contribution in [3.05, 3.63) is 58.6 Å². The van der Waals surface area contributed by atoms with Crippen molar-refractivity contribution >= 4 is 33.2 Å². The first-order valence-corrected chi connectivity index (χ1v) is 7.22. The lowest BCUT2D eigenvalue weighted by atomic mass is 10.1. The number of para-hydroxylation sites is 1. The predicted molar refractivity (Wildman–Crippen MR) is 87.0 cm³/mol. The minimum absolute atomic E-state index is 0.126. The van der Waals surface area contributed by atoms with Crippen molar-refractivity contribution in [2.45, 2.75) is 6.42 Å². The van der Waals surface area contributed by atoms with Crippen LogP contribution in [0.4, 0.5) is 11.4 Å². The largest absolute Gasteiger partial charge is 0.375 e. The smallest absolute Gasteiger partial charge is 0.243 e. The maximum Gasteiger partial charge on any atom is 0.243 e. The first-order chi connectivity index (χ1) is 10.2. The average Bonchev–Trinajstić information content (AvgIpc) is 2.49. The summed E-state index contributed by atoms with van der Waals surface area (Å²) in [5.41, 5.74) is 2.52. The molecule has 0 aliphatic carbocycles. The van der Waals surface area contributed by atoms with E-state index in [2.05, 4.69) is 32.6 Å². The number of nitriles is 1. The van der Waals surface area contributed by atoms with Gasteiger partial charge in [0.2, 0.25) is 5.91 Å². The minimum atomic E-state index is -0.126. The first kappa shape index (κ1) is 15.1.